The van der Waals surface area contributed by atoms with E-state index in [4.69, 9.17) is 11.6 Å². The zero-order valence-corrected chi connectivity index (χ0v) is 18.7. The number of fused-ring (bicyclic) bond motifs is 1. The van der Waals surface area contributed by atoms with E-state index < -0.39 is 11.9 Å². The summed E-state index contributed by atoms with van der Waals surface area (Å²) in [6, 6.07) is 9.94. The lowest BCUT2D eigenvalue weighted by molar-refractivity contribution is -0.140. The quantitative estimate of drug-likeness (QED) is 0.356. The Labute approximate surface area is 190 Å². The molecule has 3 aromatic rings. The SMILES string of the molecule is FC(F)(F)c1cc(N[C@H]2CCC[C@@H](Nc3cc(I)ccn3)C2)c2cc(Cl)ccc2n1. The van der Waals surface area contributed by atoms with E-state index in [0.29, 0.717) is 16.1 Å². The molecule has 0 bridgehead atoms. The minimum absolute atomic E-state index is 0.0321. The third-order valence-electron chi connectivity index (χ3n) is 5.17. The van der Waals surface area contributed by atoms with Gasteiger partial charge < -0.3 is 10.6 Å². The summed E-state index contributed by atoms with van der Waals surface area (Å²) in [5.74, 6) is 0.813. The van der Waals surface area contributed by atoms with Gasteiger partial charge in [-0.3, -0.25) is 0 Å². The summed E-state index contributed by atoms with van der Waals surface area (Å²) in [5, 5.41) is 7.83. The van der Waals surface area contributed by atoms with Gasteiger partial charge in [-0.05, 0) is 84.7 Å². The number of pyridine rings is 2. The molecule has 1 saturated carbocycles. The van der Waals surface area contributed by atoms with Crippen molar-refractivity contribution in [3.63, 3.8) is 0 Å². The fraction of sp³-hybridized carbons (Fsp3) is 0.333. The molecule has 1 aliphatic rings. The fourth-order valence-electron chi connectivity index (χ4n) is 3.83. The molecule has 158 valence electrons. The lowest BCUT2D eigenvalue weighted by Crippen LogP contribution is -2.34. The number of alkyl halides is 3. The number of anilines is 2. The molecule has 0 aliphatic heterocycles. The van der Waals surface area contributed by atoms with Crippen molar-refractivity contribution in [3.8, 4) is 0 Å². The van der Waals surface area contributed by atoms with Crippen molar-refractivity contribution in [1.29, 1.82) is 0 Å². The number of hydrogen-bond donors (Lipinski definition) is 2. The Hall–Kier alpha value is -1.81. The largest absolute Gasteiger partial charge is 0.433 e. The average Bonchev–Trinajstić information content (AvgIpc) is 2.68. The second kappa shape index (κ2) is 8.74. The Morgan fingerprint density at radius 1 is 1.03 bits per heavy atom. The fourth-order valence-corrected chi connectivity index (χ4v) is 4.46. The van der Waals surface area contributed by atoms with Crippen LogP contribution in [-0.2, 0) is 6.18 Å². The van der Waals surface area contributed by atoms with Gasteiger partial charge in [0.25, 0.3) is 0 Å². The molecule has 0 amide bonds. The van der Waals surface area contributed by atoms with Crippen LogP contribution in [0.1, 0.15) is 31.4 Å². The van der Waals surface area contributed by atoms with Crippen molar-refractivity contribution >= 4 is 56.6 Å². The molecule has 9 heteroatoms. The Morgan fingerprint density at radius 3 is 2.53 bits per heavy atom. The molecule has 1 aliphatic carbocycles. The van der Waals surface area contributed by atoms with E-state index in [1.807, 2.05) is 12.1 Å². The van der Waals surface area contributed by atoms with Gasteiger partial charge >= 0.3 is 6.18 Å². The van der Waals surface area contributed by atoms with E-state index in [0.717, 1.165) is 41.1 Å². The van der Waals surface area contributed by atoms with Gasteiger partial charge in [0.2, 0.25) is 0 Å². The molecule has 2 N–H and O–H groups in total. The molecule has 4 rings (SSSR count). The molecule has 2 heterocycles. The Morgan fingerprint density at radius 2 is 1.80 bits per heavy atom. The van der Waals surface area contributed by atoms with Crippen LogP contribution < -0.4 is 10.6 Å². The lowest BCUT2D eigenvalue weighted by atomic mass is 9.90. The molecule has 30 heavy (non-hydrogen) atoms. The molecule has 0 saturated heterocycles. The number of nitrogens with zero attached hydrogens (tertiary/aromatic N) is 2. The number of halogens is 5. The normalized spacial score (nSPS) is 19.6. The van der Waals surface area contributed by atoms with Gasteiger partial charge in [-0.1, -0.05) is 11.6 Å². The van der Waals surface area contributed by atoms with Crippen LogP contribution in [0.25, 0.3) is 10.9 Å². The van der Waals surface area contributed by atoms with Crippen molar-refractivity contribution in [2.24, 2.45) is 0 Å². The van der Waals surface area contributed by atoms with Gasteiger partial charge in [-0.25, -0.2) is 9.97 Å². The first kappa shape index (κ1) is 21.4. The standard InChI is InChI=1S/C21H19ClF3IN4/c22-12-4-5-17-16(8-12)18(11-19(30-17)21(23,24)25)28-14-2-1-3-15(10-14)29-20-9-13(26)6-7-27-20/h4-9,11,14-15H,1-3,10H2,(H,27,29)(H,28,30)/t14-,15+/m0/s1. The number of aromatic nitrogens is 2. The third kappa shape index (κ3) is 5.08. The van der Waals surface area contributed by atoms with Crippen LogP contribution in [0.15, 0.2) is 42.6 Å². The zero-order valence-electron chi connectivity index (χ0n) is 15.8. The van der Waals surface area contributed by atoms with E-state index in [2.05, 4.69) is 43.2 Å². The summed E-state index contributed by atoms with van der Waals surface area (Å²) >= 11 is 8.33. The molecule has 0 radical (unpaired) electrons. The zero-order chi connectivity index (χ0) is 21.3. The van der Waals surface area contributed by atoms with Crippen LogP contribution in [-0.4, -0.2) is 22.1 Å². The van der Waals surface area contributed by atoms with Gasteiger partial charge in [0.05, 0.1) is 5.52 Å². The first-order valence-corrected chi connectivity index (χ1v) is 11.1. The molecular formula is C21H19ClF3IN4. The second-order valence-corrected chi connectivity index (χ2v) is 9.10. The summed E-state index contributed by atoms with van der Waals surface area (Å²) in [7, 11) is 0. The van der Waals surface area contributed by atoms with Crippen molar-refractivity contribution in [3.05, 3.63) is 56.9 Å². The first-order chi connectivity index (χ1) is 14.3. The van der Waals surface area contributed by atoms with Crippen LogP contribution in [0.5, 0.6) is 0 Å². The van der Waals surface area contributed by atoms with Crippen LogP contribution in [0.3, 0.4) is 0 Å². The molecular weight excluding hydrogens is 528 g/mol. The molecule has 2 aromatic heterocycles. The van der Waals surface area contributed by atoms with E-state index in [1.54, 1.807) is 18.3 Å². The van der Waals surface area contributed by atoms with E-state index in [1.165, 1.54) is 6.07 Å². The lowest BCUT2D eigenvalue weighted by Gasteiger charge is -2.31. The van der Waals surface area contributed by atoms with E-state index in [-0.39, 0.29) is 17.6 Å². The third-order valence-corrected chi connectivity index (χ3v) is 6.08. The average molecular weight is 547 g/mol. The van der Waals surface area contributed by atoms with E-state index in [9.17, 15) is 13.2 Å². The topological polar surface area (TPSA) is 49.8 Å². The Balaban J connectivity index is 1.57. The van der Waals surface area contributed by atoms with Gasteiger partial charge in [-0.2, -0.15) is 13.2 Å². The molecule has 2 atom stereocenters. The highest BCUT2D eigenvalue weighted by Crippen LogP contribution is 2.35. The summed E-state index contributed by atoms with van der Waals surface area (Å²) in [5.41, 5.74) is -0.230. The van der Waals surface area contributed by atoms with Gasteiger partial charge in [0, 0.05) is 37.9 Å². The van der Waals surface area contributed by atoms with Crippen molar-refractivity contribution < 1.29 is 13.2 Å². The summed E-state index contributed by atoms with van der Waals surface area (Å²) in [6.07, 6.45) is 0.852. The molecule has 0 unspecified atom stereocenters. The van der Waals surface area contributed by atoms with Gasteiger partial charge in [-0.15, -0.1) is 0 Å². The highest BCUT2D eigenvalue weighted by Gasteiger charge is 2.34. The van der Waals surface area contributed by atoms with Crippen molar-refractivity contribution in [2.45, 2.75) is 43.9 Å². The van der Waals surface area contributed by atoms with Crippen LogP contribution in [0, 0.1) is 3.57 Å². The maximum atomic E-state index is 13.4. The highest BCUT2D eigenvalue weighted by molar-refractivity contribution is 14.1. The highest BCUT2D eigenvalue weighted by atomic mass is 127. The summed E-state index contributed by atoms with van der Waals surface area (Å²) in [4.78, 5) is 8.12. The van der Waals surface area contributed by atoms with Crippen LogP contribution in [0.2, 0.25) is 5.02 Å². The van der Waals surface area contributed by atoms with Crippen LogP contribution >= 0.6 is 34.2 Å². The second-order valence-electron chi connectivity index (χ2n) is 7.42. The number of hydrogen-bond acceptors (Lipinski definition) is 4. The Bertz CT molecular complexity index is 1060. The van der Waals surface area contributed by atoms with E-state index >= 15 is 0 Å². The van der Waals surface area contributed by atoms with Gasteiger partial charge in [0.15, 0.2) is 0 Å². The van der Waals surface area contributed by atoms with Crippen molar-refractivity contribution in [1.82, 2.24) is 9.97 Å². The maximum absolute atomic E-state index is 13.4. The summed E-state index contributed by atoms with van der Waals surface area (Å²) < 4.78 is 41.2. The Kier molecular flexibility index (Phi) is 6.24. The minimum atomic E-state index is -4.52. The number of benzene rings is 1. The minimum Gasteiger partial charge on any atom is -0.382 e. The summed E-state index contributed by atoms with van der Waals surface area (Å²) in [6.45, 7) is 0. The molecule has 1 fully saturated rings. The van der Waals surface area contributed by atoms with Crippen molar-refractivity contribution in [2.75, 3.05) is 10.6 Å². The smallest absolute Gasteiger partial charge is 0.382 e. The first-order valence-electron chi connectivity index (χ1n) is 9.60. The maximum Gasteiger partial charge on any atom is 0.433 e. The monoisotopic (exact) mass is 546 g/mol. The molecule has 4 nitrogen and oxygen atoms in total. The number of nitrogens with one attached hydrogen (secondary N) is 2. The predicted molar refractivity (Wildman–Crippen MR) is 122 cm³/mol. The molecule has 1 aromatic carbocycles. The van der Waals surface area contributed by atoms with Gasteiger partial charge in [0.1, 0.15) is 11.5 Å². The van der Waals surface area contributed by atoms with Crippen LogP contribution in [0.4, 0.5) is 24.7 Å². The molecule has 0 spiro atoms. The predicted octanol–water partition coefficient (Wildman–Crippen LogP) is 6.74. The number of rotatable bonds is 4.